The van der Waals surface area contributed by atoms with Crippen LogP contribution in [0.15, 0.2) is 83.4 Å². The number of allylic oxidation sites excluding steroid dienone is 9. The van der Waals surface area contributed by atoms with E-state index in [1.807, 2.05) is 0 Å². The third-order valence-electron chi connectivity index (χ3n) is 14.6. The maximum Gasteiger partial charge on any atom is 0.104 e. The Hall–Kier alpha value is -2.85. The van der Waals surface area contributed by atoms with Gasteiger partial charge in [0.25, 0.3) is 0 Å². The van der Waals surface area contributed by atoms with Crippen LogP contribution in [0.3, 0.4) is 0 Å². The SMILES string of the molecule is CC1(C)c2c(cccc2N(C2=CC=CC3OC4CCCCC4C23)C2CCC3C(C2)C2=C(CCC=C2)N3C2=CCC(F)CC2)C2=CCCCC21. The number of ether oxygens (including phenoxy) is 1. The highest BCUT2D eigenvalue weighted by molar-refractivity contribution is 5.84. The second-order valence-corrected chi connectivity index (χ2v) is 17.4. The summed E-state index contributed by atoms with van der Waals surface area (Å²) in [5.41, 5.74) is 12.4. The lowest BCUT2D eigenvalue weighted by atomic mass is 9.71. The topological polar surface area (TPSA) is 15.7 Å². The van der Waals surface area contributed by atoms with E-state index in [-0.39, 0.29) is 11.5 Å². The molecule has 3 fully saturated rings. The normalized spacial score (nSPS) is 38.5. The van der Waals surface area contributed by atoms with E-state index in [9.17, 15) is 4.39 Å². The van der Waals surface area contributed by atoms with Crippen LogP contribution in [0.2, 0.25) is 0 Å². The highest BCUT2D eigenvalue weighted by Crippen LogP contribution is 2.59. The van der Waals surface area contributed by atoms with Crippen molar-refractivity contribution in [3.05, 3.63) is 94.5 Å². The van der Waals surface area contributed by atoms with Gasteiger partial charge in [0, 0.05) is 46.7 Å². The molecule has 0 radical (unpaired) electrons. The lowest BCUT2D eigenvalue weighted by Gasteiger charge is -2.48. The third kappa shape index (κ3) is 4.74. The first-order valence-electron chi connectivity index (χ1n) is 20.2. The lowest BCUT2D eigenvalue weighted by Crippen LogP contribution is -2.48. The summed E-state index contributed by atoms with van der Waals surface area (Å²) in [6, 6.07) is 8.26. The van der Waals surface area contributed by atoms with Crippen molar-refractivity contribution in [2.75, 3.05) is 4.90 Å². The number of alkyl halides is 1. The maximum absolute atomic E-state index is 14.3. The van der Waals surface area contributed by atoms with Crippen LogP contribution in [0.4, 0.5) is 10.1 Å². The number of fused-ring (bicyclic) bond motifs is 8. The summed E-state index contributed by atoms with van der Waals surface area (Å²) >= 11 is 0. The van der Waals surface area contributed by atoms with Crippen molar-refractivity contribution in [3.63, 3.8) is 0 Å². The van der Waals surface area contributed by atoms with E-state index in [1.54, 1.807) is 22.4 Å². The maximum atomic E-state index is 14.3. The van der Waals surface area contributed by atoms with E-state index >= 15 is 0 Å². The van der Waals surface area contributed by atoms with Crippen LogP contribution in [0.1, 0.15) is 121 Å². The van der Waals surface area contributed by atoms with Gasteiger partial charge in [0.2, 0.25) is 0 Å². The van der Waals surface area contributed by atoms with Gasteiger partial charge in [-0.3, -0.25) is 0 Å². The minimum absolute atomic E-state index is 0.103. The van der Waals surface area contributed by atoms with Gasteiger partial charge in [-0.2, -0.15) is 0 Å². The van der Waals surface area contributed by atoms with Crippen molar-refractivity contribution in [3.8, 4) is 0 Å². The number of anilines is 1. The molecule has 1 saturated heterocycles. The van der Waals surface area contributed by atoms with E-state index in [4.69, 9.17) is 4.74 Å². The number of rotatable bonds is 4. The van der Waals surface area contributed by atoms with Crippen LogP contribution >= 0.6 is 0 Å². The molecule has 1 aromatic carbocycles. The molecule has 2 aliphatic heterocycles. The zero-order valence-corrected chi connectivity index (χ0v) is 29.8. The van der Waals surface area contributed by atoms with Crippen molar-refractivity contribution < 1.29 is 9.13 Å². The Balaban J connectivity index is 1.08. The molecule has 7 aliphatic carbocycles. The molecule has 10 rings (SSSR count). The van der Waals surface area contributed by atoms with Crippen molar-refractivity contribution in [1.29, 1.82) is 0 Å². The molecular weight excluding hydrogens is 604 g/mol. The molecule has 9 aliphatic rings. The predicted molar refractivity (Wildman–Crippen MR) is 198 cm³/mol. The first-order valence-corrected chi connectivity index (χ1v) is 20.2. The van der Waals surface area contributed by atoms with Crippen molar-refractivity contribution in [1.82, 2.24) is 4.90 Å². The largest absolute Gasteiger partial charge is 0.370 e. The molecule has 3 nitrogen and oxygen atoms in total. The highest BCUT2D eigenvalue weighted by Gasteiger charge is 2.53. The van der Waals surface area contributed by atoms with Crippen LogP contribution < -0.4 is 4.90 Å². The van der Waals surface area contributed by atoms with Crippen molar-refractivity contribution in [2.24, 2.45) is 23.7 Å². The quantitative estimate of drug-likeness (QED) is 0.320. The molecule has 0 amide bonds. The number of benzene rings is 1. The molecule has 2 heterocycles. The smallest absolute Gasteiger partial charge is 0.104 e. The number of hydrogen-bond donors (Lipinski definition) is 0. The standard InChI is InChI=1S/C45H55FN2O/c1-45(2)36-15-6-3-11-31(36)33-14-9-18-40(44(33)45)48(39-17-10-20-42-43(39)34-13-5-8-19-41(34)49-42)30-25-26-38-35(27-30)32-12-4-7-16-37(32)47(38)29-23-21-28(46)22-24-29/h4,9-12,14,17-18,20,23,28,30,34-36,38,41-43H,3,5-8,13,15-16,19,21-22,24-27H2,1-2H3. The minimum Gasteiger partial charge on any atom is -0.370 e. The average Bonchev–Trinajstić information content (AvgIpc) is 3.75. The van der Waals surface area contributed by atoms with Gasteiger partial charge in [0.1, 0.15) is 6.17 Å². The van der Waals surface area contributed by atoms with Gasteiger partial charge in [-0.15, -0.1) is 0 Å². The van der Waals surface area contributed by atoms with E-state index in [0.717, 1.165) is 19.3 Å². The predicted octanol–water partition coefficient (Wildman–Crippen LogP) is 10.9. The van der Waals surface area contributed by atoms with Gasteiger partial charge >= 0.3 is 0 Å². The summed E-state index contributed by atoms with van der Waals surface area (Å²) in [4.78, 5) is 5.67. The monoisotopic (exact) mass is 658 g/mol. The number of nitrogens with zero attached hydrogens (tertiary/aromatic N) is 2. The second-order valence-electron chi connectivity index (χ2n) is 17.4. The molecule has 0 bridgehead atoms. The van der Waals surface area contributed by atoms with E-state index in [2.05, 4.69) is 84.4 Å². The third-order valence-corrected chi connectivity index (χ3v) is 14.6. The van der Waals surface area contributed by atoms with E-state index in [1.165, 1.54) is 86.9 Å². The summed E-state index contributed by atoms with van der Waals surface area (Å²) < 4.78 is 21.2. The average molecular weight is 659 g/mol. The molecular formula is C45H55FN2O. The summed E-state index contributed by atoms with van der Waals surface area (Å²) in [6.07, 6.45) is 33.8. The lowest BCUT2D eigenvalue weighted by molar-refractivity contribution is 0.0373. The Bertz CT molecular complexity index is 1710. The summed E-state index contributed by atoms with van der Waals surface area (Å²) in [6.45, 7) is 5.10. The molecule has 0 N–H and O–H groups in total. The van der Waals surface area contributed by atoms with Crippen molar-refractivity contribution >= 4 is 11.3 Å². The molecule has 2 saturated carbocycles. The summed E-state index contributed by atoms with van der Waals surface area (Å²) in [5, 5.41) is 0. The van der Waals surface area contributed by atoms with E-state index in [0.29, 0.717) is 54.7 Å². The molecule has 0 aromatic heterocycles. The molecule has 258 valence electrons. The van der Waals surface area contributed by atoms with Gasteiger partial charge in [0.05, 0.1) is 12.2 Å². The molecule has 4 heteroatoms. The van der Waals surface area contributed by atoms with Gasteiger partial charge in [-0.1, -0.05) is 75.3 Å². The number of halogens is 1. The van der Waals surface area contributed by atoms with Gasteiger partial charge < -0.3 is 14.5 Å². The Kier molecular flexibility index (Phi) is 7.49. The van der Waals surface area contributed by atoms with Crippen LogP contribution in [-0.2, 0) is 10.2 Å². The second kappa shape index (κ2) is 11.9. The summed E-state index contributed by atoms with van der Waals surface area (Å²) in [7, 11) is 0. The Morgan fingerprint density at radius 3 is 2.78 bits per heavy atom. The number of hydrogen-bond acceptors (Lipinski definition) is 3. The zero-order valence-electron chi connectivity index (χ0n) is 29.8. The fourth-order valence-corrected chi connectivity index (χ4v) is 12.6. The van der Waals surface area contributed by atoms with Gasteiger partial charge in [-0.05, 0) is 135 Å². The fraction of sp³-hybridized carbons (Fsp3) is 0.600. The first kappa shape index (κ1) is 30.9. The van der Waals surface area contributed by atoms with E-state index < -0.39 is 6.17 Å². The Morgan fingerprint density at radius 2 is 1.88 bits per heavy atom. The molecule has 49 heavy (non-hydrogen) atoms. The zero-order chi connectivity index (χ0) is 32.9. The highest BCUT2D eigenvalue weighted by atomic mass is 19.1. The molecule has 1 aromatic rings. The molecule has 9 atom stereocenters. The molecule has 0 spiro atoms. The Labute approximate surface area is 293 Å². The molecule has 9 unspecified atom stereocenters. The van der Waals surface area contributed by atoms with Crippen LogP contribution in [0.25, 0.3) is 5.57 Å². The van der Waals surface area contributed by atoms with Crippen LogP contribution in [-0.4, -0.2) is 35.4 Å². The van der Waals surface area contributed by atoms with Gasteiger partial charge in [0.15, 0.2) is 0 Å². The fourth-order valence-electron chi connectivity index (χ4n) is 12.6. The first-order chi connectivity index (χ1) is 24.0. The minimum atomic E-state index is -0.674. The summed E-state index contributed by atoms with van der Waals surface area (Å²) in [5.74, 6) is 2.17. The van der Waals surface area contributed by atoms with Crippen LogP contribution in [0, 0.1) is 23.7 Å². The Morgan fingerprint density at radius 1 is 0.959 bits per heavy atom. The van der Waals surface area contributed by atoms with Gasteiger partial charge in [-0.25, -0.2) is 4.39 Å². The van der Waals surface area contributed by atoms with Crippen molar-refractivity contribution in [2.45, 2.75) is 146 Å². The van der Waals surface area contributed by atoms with Crippen LogP contribution in [0.5, 0.6) is 0 Å².